The van der Waals surface area contributed by atoms with Crippen molar-refractivity contribution in [2.24, 2.45) is 0 Å². The van der Waals surface area contributed by atoms with Crippen molar-refractivity contribution in [1.82, 2.24) is 15.5 Å². The van der Waals surface area contributed by atoms with Crippen LogP contribution in [0.2, 0.25) is 0 Å². The highest BCUT2D eigenvalue weighted by atomic mass is 16.6. The van der Waals surface area contributed by atoms with Crippen molar-refractivity contribution in [3.63, 3.8) is 0 Å². The van der Waals surface area contributed by atoms with Gasteiger partial charge in [0.15, 0.2) is 0 Å². The normalized spacial score (nSPS) is 11.4. The van der Waals surface area contributed by atoms with Gasteiger partial charge in [0.1, 0.15) is 30.6 Å². The van der Waals surface area contributed by atoms with Gasteiger partial charge in [0.05, 0.1) is 11.5 Å². The molecule has 0 saturated carbocycles. The number of nitro groups is 1. The summed E-state index contributed by atoms with van der Waals surface area (Å²) in [5.74, 6) is -1.03. The number of carbonyl (C=O) groups is 4. The number of esters is 1. The number of non-ortho nitro benzene ring substituents is 1. The van der Waals surface area contributed by atoms with E-state index in [-0.39, 0.29) is 37.7 Å². The number of nitrogens with one attached hydrogen (secondary N) is 2. The predicted molar refractivity (Wildman–Crippen MR) is 165 cm³/mol. The van der Waals surface area contributed by atoms with Gasteiger partial charge in [-0.2, -0.15) is 0 Å². The van der Waals surface area contributed by atoms with Gasteiger partial charge >= 0.3 is 24.2 Å². The monoisotopic (exact) mass is 636 g/mol. The van der Waals surface area contributed by atoms with Crippen molar-refractivity contribution < 1.29 is 43.0 Å². The zero-order valence-corrected chi connectivity index (χ0v) is 25.7. The third-order valence-electron chi connectivity index (χ3n) is 5.97. The van der Waals surface area contributed by atoms with E-state index >= 15 is 0 Å². The smallest absolute Gasteiger partial charge is 0.410 e. The molecule has 3 aromatic carbocycles. The predicted octanol–water partition coefficient (Wildman–Crippen LogP) is 4.96. The molecule has 0 spiro atoms. The van der Waals surface area contributed by atoms with Gasteiger partial charge in [-0.1, -0.05) is 60.7 Å². The summed E-state index contributed by atoms with van der Waals surface area (Å²) in [6.07, 6.45) is -2.54. The molecule has 14 nitrogen and oxygen atoms in total. The first kappa shape index (κ1) is 34.8. The lowest BCUT2D eigenvalue weighted by Gasteiger charge is -2.27. The number of benzene rings is 3. The minimum absolute atomic E-state index is 0.0372. The molecular weight excluding hydrogens is 600 g/mol. The maximum Gasteiger partial charge on any atom is 0.410 e. The van der Waals surface area contributed by atoms with Crippen LogP contribution < -0.4 is 15.4 Å². The van der Waals surface area contributed by atoms with Crippen molar-refractivity contribution in [1.29, 1.82) is 0 Å². The van der Waals surface area contributed by atoms with Crippen LogP contribution in [0.25, 0.3) is 0 Å². The van der Waals surface area contributed by atoms with Gasteiger partial charge in [-0.25, -0.2) is 19.2 Å². The standard InChI is InChI=1S/C32H36N4O10/c1-32(2,3)46-29(38)33-18-19-35(31(40)44-22-24-12-8-5-9-13-24)20-27(34-30(39)43-21-23-10-6-4-7-11-23)28(37)45-26-16-14-25(15-17-26)36(41)42/h4-17,27H,18-22H2,1-3H3,(H,33,38)(H,34,39)/t27-/m0/s1. The number of nitro benzene ring substituents is 1. The van der Waals surface area contributed by atoms with E-state index in [0.717, 1.165) is 17.0 Å². The summed E-state index contributed by atoms with van der Waals surface area (Å²) in [6, 6.07) is 21.0. The highest BCUT2D eigenvalue weighted by Crippen LogP contribution is 2.18. The Morgan fingerprint density at radius 2 is 1.39 bits per heavy atom. The van der Waals surface area contributed by atoms with E-state index in [1.807, 2.05) is 6.07 Å². The second-order valence-electron chi connectivity index (χ2n) is 10.8. The van der Waals surface area contributed by atoms with Crippen molar-refractivity contribution in [3.8, 4) is 5.75 Å². The lowest BCUT2D eigenvalue weighted by Crippen LogP contribution is -2.52. The van der Waals surface area contributed by atoms with Gasteiger partial charge < -0.3 is 34.5 Å². The zero-order valence-electron chi connectivity index (χ0n) is 25.7. The molecule has 2 N–H and O–H groups in total. The molecule has 0 radical (unpaired) electrons. The van der Waals surface area contributed by atoms with Crippen molar-refractivity contribution in [2.45, 2.75) is 45.6 Å². The first-order valence-electron chi connectivity index (χ1n) is 14.3. The Hall–Kier alpha value is -5.66. The highest BCUT2D eigenvalue weighted by molar-refractivity contribution is 5.84. The van der Waals surface area contributed by atoms with Gasteiger partial charge in [0, 0.05) is 25.2 Å². The summed E-state index contributed by atoms with van der Waals surface area (Å²) < 4.78 is 21.3. The number of alkyl carbamates (subject to hydrolysis) is 2. The molecule has 46 heavy (non-hydrogen) atoms. The Bertz CT molecular complexity index is 1460. The fraction of sp³-hybridized carbons (Fsp3) is 0.312. The number of ether oxygens (including phenoxy) is 4. The van der Waals surface area contributed by atoms with Crippen LogP contribution in [0.4, 0.5) is 20.1 Å². The van der Waals surface area contributed by atoms with Crippen LogP contribution in [0.5, 0.6) is 5.75 Å². The molecule has 0 heterocycles. The Balaban J connectivity index is 1.77. The first-order chi connectivity index (χ1) is 21.9. The van der Waals surface area contributed by atoms with Gasteiger partial charge in [0.25, 0.3) is 5.69 Å². The minimum atomic E-state index is -1.48. The Labute approximate surface area is 265 Å². The van der Waals surface area contributed by atoms with Crippen LogP contribution in [0.3, 0.4) is 0 Å². The van der Waals surface area contributed by atoms with E-state index < -0.39 is 47.4 Å². The Morgan fingerprint density at radius 1 is 0.826 bits per heavy atom. The van der Waals surface area contributed by atoms with Crippen molar-refractivity contribution in [3.05, 3.63) is 106 Å². The molecule has 3 rings (SSSR count). The van der Waals surface area contributed by atoms with E-state index in [4.69, 9.17) is 18.9 Å². The number of hydrogen-bond donors (Lipinski definition) is 2. The summed E-state index contributed by atoms with van der Waals surface area (Å²) in [5.41, 5.74) is 0.431. The van der Waals surface area contributed by atoms with Crippen LogP contribution in [0.15, 0.2) is 84.9 Å². The lowest BCUT2D eigenvalue weighted by atomic mass is 10.2. The molecule has 0 saturated heterocycles. The summed E-state index contributed by atoms with van der Waals surface area (Å²) in [7, 11) is 0. The zero-order chi connectivity index (χ0) is 33.5. The van der Waals surface area contributed by atoms with Gasteiger partial charge in [-0.3, -0.25) is 10.1 Å². The van der Waals surface area contributed by atoms with E-state index in [1.165, 1.54) is 12.1 Å². The Morgan fingerprint density at radius 3 is 1.93 bits per heavy atom. The second kappa shape index (κ2) is 17.0. The summed E-state index contributed by atoms with van der Waals surface area (Å²) in [6.45, 7) is 4.23. The fourth-order valence-corrected chi connectivity index (χ4v) is 3.80. The number of hydrogen-bond acceptors (Lipinski definition) is 10. The average molecular weight is 637 g/mol. The number of rotatable bonds is 13. The SMILES string of the molecule is CC(C)(C)OC(=O)NCCN(C[C@H](NC(=O)OCc1ccccc1)C(=O)Oc1ccc([N+](=O)[O-])cc1)C(=O)OCc1ccccc1. The van der Waals surface area contributed by atoms with Gasteiger partial charge in [-0.15, -0.1) is 0 Å². The summed E-state index contributed by atoms with van der Waals surface area (Å²) in [4.78, 5) is 63.0. The number of carbonyl (C=O) groups excluding carboxylic acids is 4. The molecule has 0 aliphatic rings. The van der Waals surface area contributed by atoms with E-state index in [9.17, 15) is 29.3 Å². The topological polar surface area (TPSA) is 176 Å². The van der Waals surface area contributed by atoms with E-state index in [2.05, 4.69) is 10.6 Å². The van der Waals surface area contributed by atoms with E-state index in [0.29, 0.717) is 11.1 Å². The molecule has 0 aliphatic carbocycles. The molecule has 244 valence electrons. The third kappa shape index (κ3) is 12.5. The van der Waals surface area contributed by atoms with Crippen LogP contribution >= 0.6 is 0 Å². The third-order valence-corrected chi connectivity index (χ3v) is 5.97. The minimum Gasteiger partial charge on any atom is -0.445 e. The maximum atomic E-state index is 13.3. The number of nitrogens with zero attached hydrogens (tertiary/aromatic N) is 2. The van der Waals surface area contributed by atoms with Crippen molar-refractivity contribution >= 4 is 29.9 Å². The van der Waals surface area contributed by atoms with Crippen LogP contribution in [-0.2, 0) is 32.2 Å². The number of amides is 3. The summed E-state index contributed by atoms with van der Waals surface area (Å²) in [5, 5.41) is 16.0. The van der Waals surface area contributed by atoms with Gasteiger partial charge in [0.2, 0.25) is 0 Å². The summed E-state index contributed by atoms with van der Waals surface area (Å²) >= 11 is 0. The molecule has 3 aromatic rings. The molecule has 14 heteroatoms. The second-order valence-corrected chi connectivity index (χ2v) is 10.8. The molecule has 3 amide bonds. The molecular formula is C32H36N4O10. The highest BCUT2D eigenvalue weighted by Gasteiger charge is 2.30. The largest absolute Gasteiger partial charge is 0.445 e. The quantitative estimate of drug-likeness (QED) is 0.0857. The fourth-order valence-electron chi connectivity index (χ4n) is 3.80. The van der Waals surface area contributed by atoms with Crippen LogP contribution in [0.1, 0.15) is 31.9 Å². The molecule has 1 atom stereocenters. The van der Waals surface area contributed by atoms with Gasteiger partial charge in [-0.05, 0) is 44.0 Å². The molecule has 0 fully saturated rings. The maximum absolute atomic E-state index is 13.3. The van der Waals surface area contributed by atoms with Crippen LogP contribution in [-0.4, -0.2) is 65.3 Å². The average Bonchev–Trinajstić information content (AvgIpc) is 3.02. The first-order valence-corrected chi connectivity index (χ1v) is 14.3. The van der Waals surface area contributed by atoms with E-state index in [1.54, 1.807) is 75.4 Å². The molecule has 0 aliphatic heterocycles. The molecule has 0 aromatic heterocycles. The molecule has 0 bridgehead atoms. The van der Waals surface area contributed by atoms with Crippen LogP contribution in [0, 0.1) is 10.1 Å². The Kier molecular flexibility index (Phi) is 12.9. The lowest BCUT2D eigenvalue weighted by molar-refractivity contribution is -0.384. The van der Waals surface area contributed by atoms with Crippen molar-refractivity contribution in [2.75, 3.05) is 19.6 Å². The molecule has 0 unspecified atom stereocenters.